The van der Waals surface area contributed by atoms with Crippen molar-refractivity contribution >= 4 is 15.6 Å². The molecule has 0 saturated carbocycles. The Hall–Kier alpha value is -1.16. The second kappa shape index (κ2) is 2.67. The average Bonchev–Trinajstić information content (AvgIpc) is 2.02. The number of carbonyl (C=O) groups is 1. The molecule has 1 aliphatic rings. The minimum Gasteiger partial charge on any atom is -0.293 e. The van der Waals surface area contributed by atoms with Crippen LogP contribution in [0.4, 0.5) is 0 Å². The van der Waals surface area contributed by atoms with E-state index in [0.29, 0.717) is 11.1 Å². The van der Waals surface area contributed by atoms with Gasteiger partial charge in [-0.2, -0.15) is 0 Å². The predicted molar refractivity (Wildman–Crippen MR) is 48.3 cm³/mol. The third kappa shape index (κ3) is 1.49. The van der Waals surface area contributed by atoms with Crippen LogP contribution in [0.15, 0.2) is 24.3 Å². The van der Waals surface area contributed by atoms with Gasteiger partial charge in [0, 0.05) is 5.56 Å². The van der Waals surface area contributed by atoms with E-state index in [4.69, 9.17) is 0 Å². The lowest BCUT2D eigenvalue weighted by molar-refractivity contribution is 0.101. The summed E-state index contributed by atoms with van der Waals surface area (Å²) in [6.07, 6.45) is 0. The molecule has 1 aromatic carbocycles. The molecule has 0 aliphatic carbocycles. The third-order valence-electron chi connectivity index (χ3n) is 2.04. The quantitative estimate of drug-likeness (QED) is 0.616. The van der Waals surface area contributed by atoms with Crippen LogP contribution in [-0.4, -0.2) is 20.0 Å². The molecule has 0 unspecified atom stereocenters. The van der Waals surface area contributed by atoms with Gasteiger partial charge in [-0.15, -0.1) is 0 Å². The summed E-state index contributed by atoms with van der Waals surface area (Å²) in [5.74, 6) is -0.638. The van der Waals surface area contributed by atoms with Crippen molar-refractivity contribution in [3.63, 3.8) is 0 Å². The van der Waals surface area contributed by atoms with Crippen molar-refractivity contribution in [1.29, 1.82) is 0 Å². The van der Waals surface area contributed by atoms with Gasteiger partial charge in [0.15, 0.2) is 15.6 Å². The van der Waals surface area contributed by atoms with E-state index < -0.39 is 9.84 Å². The van der Waals surface area contributed by atoms with Gasteiger partial charge in [0.2, 0.25) is 0 Å². The Labute approximate surface area is 76.3 Å². The van der Waals surface area contributed by atoms with Crippen LogP contribution in [-0.2, 0) is 15.6 Å². The van der Waals surface area contributed by atoms with Crippen molar-refractivity contribution in [2.45, 2.75) is 5.75 Å². The van der Waals surface area contributed by atoms with Gasteiger partial charge in [0.1, 0.15) is 5.75 Å². The second-order valence-corrected chi connectivity index (χ2v) is 5.18. The van der Waals surface area contributed by atoms with Gasteiger partial charge in [-0.1, -0.05) is 24.3 Å². The summed E-state index contributed by atoms with van der Waals surface area (Å²) >= 11 is 0. The standard InChI is InChI=1S/C9H8O3S/c10-9-6-13(11,12)5-7-3-1-2-4-8(7)9/h1-4H,5-6H2. The van der Waals surface area contributed by atoms with E-state index in [1.165, 1.54) is 0 Å². The largest absolute Gasteiger partial charge is 0.293 e. The summed E-state index contributed by atoms with van der Waals surface area (Å²) in [6, 6.07) is 6.85. The topological polar surface area (TPSA) is 51.2 Å². The molecule has 2 rings (SSSR count). The van der Waals surface area contributed by atoms with Crippen molar-refractivity contribution in [3.05, 3.63) is 35.4 Å². The Morgan fingerprint density at radius 2 is 1.77 bits per heavy atom. The minimum atomic E-state index is -3.19. The molecule has 4 heteroatoms. The monoisotopic (exact) mass is 196 g/mol. The maximum Gasteiger partial charge on any atom is 0.178 e. The lowest BCUT2D eigenvalue weighted by Gasteiger charge is -2.14. The van der Waals surface area contributed by atoms with E-state index in [1.807, 2.05) is 0 Å². The van der Waals surface area contributed by atoms with Crippen molar-refractivity contribution in [2.24, 2.45) is 0 Å². The van der Waals surface area contributed by atoms with E-state index in [2.05, 4.69) is 0 Å². The number of hydrogen-bond acceptors (Lipinski definition) is 3. The predicted octanol–water partition coefficient (Wildman–Crippen LogP) is 0.798. The zero-order chi connectivity index (χ0) is 9.47. The smallest absolute Gasteiger partial charge is 0.178 e. The van der Waals surface area contributed by atoms with E-state index in [-0.39, 0.29) is 17.3 Å². The number of fused-ring (bicyclic) bond motifs is 1. The third-order valence-corrected chi connectivity index (χ3v) is 3.50. The molecular weight excluding hydrogens is 188 g/mol. The highest BCUT2D eigenvalue weighted by molar-refractivity contribution is 7.91. The number of rotatable bonds is 0. The Morgan fingerprint density at radius 1 is 1.08 bits per heavy atom. The molecule has 0 spiro atoms. The molecule has 68 valence electrons. The van der Waals surface area contributed by atoms with Gasteiger partial charge in [0.25, 0.3) is 0 Å². The molecule has 0 N–H and O–H groups in total. The summed E-state index contributed by atoms with van der Waals surface area (Å²) < 4.78 is 22.4. The normalized spacial score (nSPS) is 19.5. The maximum absolute atomic E-state index is 11.3. The lowest BCUT2D eigenvalue weighted by atomic mass is 10.1. The Bertz CT molecular complexity index is 460. The first-order valence-corrected chi connectivity index (χ1v) is 5.72. The van der Waals surface area contributed by atoms with Crippen LogP contribution >= 0.6 is 0 Å². The fourth-order valence-corrected chi connectivity index (χ4v) is 2.87. The SMILES string of the molecule is O=C1CS(=O)(=O)Cc2ccccc21. The fourth-order valence-electron chi connectivity index (χ4n) is 1.48. The van der Waals surface area contributed by atoms with Crippen LogP contribution < -0.4 is 0 Å². The fraction of sp³-hybridized carbons (Fsp3) is 0.222. The van der Waals surface area contributed by atoms with Crippen molar-refractivity contribution in [1.82, 2.24) is 0 Å². The van der Waals surface area contributed by atoms with Crippen LogP contribution in [0.25, 0.3) is 0 Å². The molecule has 1 aromatic rings. The zero-order valence-corrected chi connectivity index (χ0v) is 7.67. The number of ketones is 1. The van der Waals surface area contributed by atoms with Gasteiger partial charge >= 0.3 is 0 Å². The van der Waals surface area contributed by atoms with Crippen LogP contribution in [0, 0.1) is 0 Å². The first-order chi connectivity index (χ1) is 6.08. The number of hydrogen-bond donors (Lipinski definition) is 0. The first kappa shape index (κ1) is 8.44. The second-order valence-electron chi connectivity index (χ2n) is 3.11. The average molecular weight is 196 g/mol. The molecule has 0 fully saturated rings. The summed E-state index contributed by atoms with van der Waals surface area (Å²) in [6.45, 7) is 0. The van der Waals surface area contributed by atoms with Crippen molar-refractivity contribution < 1.29 is 13.2 Å². The summed E-state index contributed by atoms with van der Waals surface area (Å²) in [4.78, 5) is 11.3. The Morgan fingerprint density at radius 3 is 2.54 bits per heavy atom. The van der Waals surface area contributed by atoms with E-state index in [9.17, 15) is 13.2 Å². The molecular formula is C9H8O3S. The number of carbonyl (C=O) groups excluding carboxylic acids is 1. The molecule has 0 bridgehead atoms. The van der Waals surface area contributed by atoms with Crippen molar-refractivity contribution in [2.75, 3.05) is 5.75 Å². The van der Waals surface area contributed by atoms with Gasteiger partial charge in [0.05, 0.1) is 5.75 Å². The van der Waals surface area contributed by atoms with Crippen LogP contribution in [0.1, 0.15) is 15.9 Å². The maximum atomic E-state index is 11.3. The van der Waals surface area contributed by atoms with E-state index in [1.54, 1.807) is 24.3 Å². The number of sulfone groups is 1. The highest BCUT2D eigenvalue weighted by atomic mass is 32.2. The van der Waals surface area contributed by atoms with Gasteiger partial charge < -0.3 is 0 Å². The zero-order valence-electron chi connectivity index (χ0n) is 6.86. The molecule has 13 heavy (non-hydrogen) atoms. The molecule has 1 heterocycles. The summed E-state index contributed by atoms with van der Waals surface area (Å²) in [5.41, 5.74) is 1.18. The van der Waals surface area contributed by atoms with Crippen molar-refractivity contribution in [3.8, 4) is 0 Å². The van der Waals surface area contributed by atoms with Gasteiger partial charge in [-0.25, -0.2) is 8.42 Å². The molecule has 3 nitrogen and oxygen atoms in total. The molecule has 1 aliphatic heterocycles. The van der Waals surface area contributed by atoms with Crippen LogP contribution in [0.2, 0.25) is 0 Å². The van der Waals surface area contributed by atoms with Crippen LogP contribution in [0.5, 0.6) is 0 Å². The van der Waals surface area contributed by atoms with Gasteiger partial charge in [-0.05, 0) is 5.56 Å². The van der Waals surface area contributed by atoms with E-state index in [0.717, 1.165) is 0 Å². The van der Waals surface area contributed by atoms with Crippen LogP contribution in [0.3, 0.4) is 0 Å². The molecule has 0 aromatic heterocycles. The molecule has 0 radical (unpaired) electrons. The Balaban J connectivity index is 2.61. The van der Waals surface area contributed by atoms with E-state index >= 15 is 0 Å². The lowest BCUT2D eigenvalue weighted by Crippen LogP contribution is -2.25. The number of Topliss-reactive ketones (excluding diaryl/α,β-unsaturated/α-hetero) is 1. The Kier molecular flexibility index (Phi) is 1.73. The minimum absolute atomic E-state index is 0.00505. The first-order valence-electron chi connectivity index (χ1n) is 3.90. The summed E-state index contributed by atoms with van der Waals surface area (Å²) in [5, 5.41) is 0. The number of benzene rings is 1. The van der Waals surface area contributed by atoms with Gasteiger partial charge in [-0.3, -0.25) is 4.79 Å². The molecule has 0 amide bonds. The molecule has 0 atom stereocenters. The molecule has 0 saturated heterocycles. The highest BCUT2D eigenvalue weighted by Gasteiger charge is 2.27. The highest BCUT2D eigenvalue weighted by Crippen LogP contribution is 2.19. The summed E-state index contributed by atoms with van der Waals surface area (Å²) in [7, 11) is -3.19.